The number of carboxylic acid groups (broad SMARTS) is 1. The van der Waals surface area contributed by atoms with Crippen molar-refractivity contribution in [3.63, 3.8) is 0 Å². The second-order valence-corrected chi connectivity index (χ2v) is 3.04. The molecule has 1 fully saturated rings. The van der Waals surface area contributed by atoms with Gasteiger partial charge < -0.3 is 16.2 Å². The van der Waals surface area contributed by atoms with E-state index in [9.17, 15) is 14.4 Å². The number of hydrogen-bond acceptors (Lipinski definition) is 5. The number of carbonyl (C=O) groups excluding carboxylic acids is 2. The number of nitrogens with one attached hydrogen (secondary N) is 2. The predicted octanol–water partition coefficient (Wildman–Crippen LogP) is -2.67. The van der Waals surface area contributed by atoms with Gasteiger partial charge in [0.2, 0.25) is 5.91 Å². The van der Waals surface area contributed by atoms with Crippen LogP contribution in [0.2, 0.25) is 0 Å². The van der Waals surface area contributed by atoms with E-state index in [1.54, 1.807) is 0 Å². The molecule has 5 N–H and O–H groups in total. The van der Waals surface area contributed by atoms with Crippen LogP contribution in [-0.2, 0) is 19.2 Å². The molecular formula is C7H11N3O5. The first-order valence-electron chi connectivity index (χ1n) is 4.20. The Bertz CT molecular complexity index is 292. The van der Waals surface area contributed by atoms with Gasteiger partial charge in [0.05, 0.1) is 12.5 Å². The van der Waals surface area contributed by atoms with Gasteiger partial charge in [-0.1, -0.05) is 0 Å². The Balaban J connectivity index is 2.40. The summed E-state index contributed by atoms with van der Waals surface area (Å²) in [6.45, 7) is 0.00433. The number of rotatable bonds is 4. The van der Waals surface area contributed by atoms with Crippen LogP contribution >= 0.6 is 0 Å². The van der Waals surface area contributed by atoms with E-state index in [1.165, 1.54) is 0 Å². The van der Waals surface area contributed by atoms with E-state index < -0.39 is 36.3 Å². The highest BCUT2D eigenvalue weighted by Crippen LogP contribution is 1.96. The summed E-state index contributed by atoms with van der Waals surface area (Å²) < 4.78 is 0. The fourth-order valence-electron chi connectivity index (χ4n) is 1.01. The van der Waals surface area contributed by atoms with E-state index in [-0.39, 0.29) is 6.61 Å². The Labute approximate surface area is 84.7 Å². The molecule has 1 aliphatic heterocycles. The molecule has 0 aliphatic carbocycles. The zero-order valence-corrected chi connectivity index (χ0v) is 7.73. The lowest BCUT2D eigenvalue weighted by Gasteiger charge is -2.12. The summed E-state index contributed by atoms with van der Waals surface area (Å²) in [6.07, 6.45) is -0.485. The van der Waals surface area contributed by atoms with Gasteiger partial charge in [-0.2, -0.15) is 0 Å². The number of amides is 2. The molecule has 0 spiro atoms. The molecule has 8 heteroatoms. The standard InChI is InChI=1S/C7H11N3O5/c8-3(1-5(11)12)6(13)9-4-2-15-10-7(4)14/h3-4H,1-2,8H2,(H,9,13)(H,10,14)(H,11,12)/t3?,4-/m1/s1. The fourth-order valence-corrected chi connectivity index (χ4v) is 1.01. The monoisotopic (exact) mass is 217 g/mol. The molecule has 0 bridgehead atoms. The molecule has 1 heterocycles. The molecule has 1 unspecified atom stereocenters. The van der Waals surface area contributed by atoms with Crippen molar-refractivity contribution < 1.29 is 24.3 Å². The number of carbonyl (C=O) groups is 3. The van der Waals surface area contributed by atoms with Gasteiger partial charge in [0.1, 0.15) is 12.6 Å². The Morgan fingerprint density at radius 1 is 1.73 bits per heavy atom. The highest BCUT2D eigenvalue weighted by atomic mass is 16.7. The van der Waals surface area contributed by atoms with Gasteiger partial charge >= 0.3 is 5.97 Å². The average molecular weight is 217 g/mol. The molecule has 2 atom stereocenters. The first kappa shape index (κ1) is 11.4. The first-order valence-corrected chi connectivity index (χ1v) is 4.20. The van der Waals surface area contributed by atoms with Gasteiger partial charge in [-0.15, -0.1) is 0 Å². The molecule has 1 aliphatic rings. The molecule has 1 saturated heterocycles. The number of hydrogen-bond donors (Lipinski definition) is 4. The number of hydroxylamine groups is 1. The third-order valence-electron chi connectivity index (χ3n) is 1.79. The van der Waals surface area contributed by atoms with Gasteiger partial charge in [0.15, 0.2) is 0 Å². The van der Waals surface area contributed by atoms with Crippen LogP contribution < -0.4 is 16.5 Å². The molecule has 0 radical (unpaired) electrons. The average Bonchev–Trinajstić information content (AvgIpc) is 2.50. The molecule has 0 saturated carbocycles. The van der Waals surface area contributed by atoms with Crippen molar-refractivity contribution in [1.82, 2.24) is 10.8 Å². The van der Waals surface area contributed by atoms with Crippen molar-refractivity contribution in [3.05, 3.63) is 0 Å². The van der Waals surface area contributed by atoms with Crippen molar-refractivity contribution in [2.45, 2.75) is 18.5 Å². The van der Waals surface area contributed by atoms with E-state index in [4.69, 9.17) is 10.8 Å². The van der Waals surface area contributed by atoms with Crippen LogP contribution in [0.3, 0.4) is 0 Å². The van der Waals surface area contributed by atoms with Crippen LogP contribution in [0, 0.1) is 0 Å². The first-order chi connectivity index (χ1) is 7.00. The molecule has 0 aromatic rings. The van der Waals surface area contributed by atoms with E-state index >= 15 is 0 Å². The number of nitrogens with two attached hydrogens (primary N) is 1. The predicted molar refractivity (Wildman–Crippen MR) is 46.3 cm³/mol. The van der Waals surface area contributed by atoms with Gasteiger partial charge in [-0.3, -0.25) is 19.2 Å². The van der Waals surface area contributed by atoms with Crippen molar-refractivity contribution >= 4 is 17.8 Å². The normalized spacial score (nSPS) is 21.9. The molecule has 2 amide bonds. The van der Waals surface area contributed by atoms with E-state index in [0.29, 0.717) is 0 Å². The molecular weight excluding hydrogens is 206 g/mol. The summed E-state index contributed by atoms with van der Waals surface area (Å²) in [5.41, 5.74) is 7.32. The summed E-state index contributed by atoms with van der Waals surface area (Å²) in [5, 5.41) is 10.7. The number of aliphatic carboxylic acids is 1. The zero-order valence-electron chi connectivity index (χ0n) is 7.73. The van der Waals surface area contributed by atoms with Crippen LogP contribution in [0.4, 0.5) is 0 Å². The maximum atomic E-state index is 11.2. The quantitative estimate of drug-likeness (QED) is 0.406. The third kappa shape index (κ3) is 3.18. The lowest BCUT2D eigenvalue weighted by molar-refractivity contribution is -0.139. The summed E-state index contributed by atoms with van der Waals surface area (Å²) in [6, 6.07) is -1.98. The second-order valence-electron chi connectivity index (χ2n) is 3.04. The maximum Gasteiger partial charge on any atom is 0.305 e. The van der Waals surface area contributed by atoms with Gasteiger partial charge in [-0.25, -0.2) is 5.48 Å². The van der Waals surface area contributed by atoms with Crippen LogP contribution in [0.5, 0.6) is 0 Å². The number of carboxylic acids is 1. The summed E-state index contributed by atoms with van der Waals surface area (Å²) in [4.78, 5) is 37.0. The van der Waals surface area contributed by atoms with E-state index in [2.05, 4.69) is 10.2 Å². The van der Waals surface area contributed by atoms with Crippen molar-refractivity contribution in [3.8, 4) is 0 Å². The molecule has 84 valence electrons. The smallest absolute Gasteiger partial charge is 0.305 e. The zero-order chi connectivity index (χ0) is 11.4. The molecule has 15 heavy (non-hydrogen) atoms. The van der Waals surface area contributed by atoms with Crippen LogP contribution in [-0.4, -0.2) is 41.6 Å². The van der Waals surface area contributed by atoms with Crippen LogP contribution in [0.25, 0.3) is 0 Å². The van der Waals surface area contributed by atoms with Gasteiger partial charge in [-0.05, 0) is 0 Å². The minimum atomic E-state index is -1.18. The largest absolute Gasteiger partial charge is 0.481 e. The second kappa shape index (κ2) is 4.71. The Kier molecular flexibility index (Phi) is 3.58. The summed E-state index contributed by atoms with van der Waals surface area (Å²) in [7, 11) is 0. The molecule has 0 aromatic heterocycles. The van der Waals surface area contributed by atoms with Crippen LogP contribution in [0.1, 0.15) is 6.42 Å². The van der Waals surface area contributed by atoms with E-state index in [1.807, 2.05) is 5.48 Å². The van der Waals surface area contributed by atoms with Gasteiger partial charge in [0.25, 0.3) is 5.91 Å². The highest BCUT2D eigenvalue weighted by Gasteiger charge is 2.29. The lowest BCUT2D eigenvalue weighted by Crippen LogP contribution is -2.49. The Morgan fingerprint density at radius 2 is 2.40 bits per heavy atom. The Hall–Kier alpha value is -1.67. The fraction of sp³-hybridized carbons (Fsp3) is 0.571. The van der Waals surface area contributed by atoms with Crippen LogP contribution in [0.15, 0.2) is 0 Å². The van der Waals surface area contributed by atoms with Crippen molar-refractivity contribution in [2.75, 3.05) is 6.61 Å². The maximum absolute atomic E-state index is 11.2. The lowest BCUT2D eigenvalue weighted by atomic mass is 10.2. The topological polar surface area (TPSA) is 131 Å². The third-order valence-corrected chi connectivity index (χ3v) is 1.79. The SMILES string of the molecule is NC(CC(=O)O)C(=O)N[C@@H]1CONC1=O. The minimum Gasteiger partial charge on any atom is -0.481 e. The molecule has 8 nitrogen and oxygen atoms in total. The molecule has 0 aromatic carbocycles. The minimum absolute atomic E-state index is 0.00433. The van der Waals surface area contributed by atoms with Crippen molar-refractivity contribution in [1.29, 1.82) is 0 Å². The van der Waals surface area contributed by atoms with E-state index in [0.717, 1.165) is 0 Å². The van der Waals surface area contributed by atoms with Crippen molar-refractivity contribution in [2.24, 2.45) is 5.73 Å². The molecule has 1 rings (SSSR count). The van der Waals surface area contributed by atoms with Gasteiger partial charge in [0, 0.05) is 0 Å². The summed E-state index contributed by atoms with van der Waals surface area (Å²) >= 11 is 0. The highest BCUT2D eigenvalue weighted by molar-refractivity contribution is 5.91. The Morgan fingerprint density at radius 3 is 2.87 bits per heavy atom. The summed E-state index contributed by atoms with van der Waals surface area (Å²) in [5.74, 6) is -2.35.